The molecule has 1 unspecified atom stereocenters. The molecule has 102 valence electrons. The summed E-state index contributed by atoms with van der Waals surface area (Å²) in [7, 11) is 1.34. The molecular weight excluding hydrogens is 284 g/mol. The molecule has 19 heavy (non-hydrogen) atoms. The van der Waals surface area contributed by atoms with Gasteiger partial charge in [-0.25, -0.2) is 0 Å². The van der Waals surface area contributed by atoms with Crippen LogP contribution >= 0.6 is 23.1 Å². The van der Waals surface area contributed by atoms with Gasteiger partial charge < -0.3 is 10.1 Å². The first kappa shape index (κ1) is 15.5. The maximum atomic E-state index is 11.7. The van der Waals surface area contributed by atoms with Gasteiger partial charge in [0.15, 0.2) is 0 Å². The maximum absolute atomic E-state index is 11.7. The van der Waals surface area contributed by atoms with E-state index in [1.54, 1.807) is 11.4 Å². The van der Waals surface area contributed by atoms with Gasteiger partial charge in [-0.15, -0.1) is 23.1 Å². The van der Waals surface area contributed by atoms with E-state index in [-0.39, 0.29) is 29.3 Å². The van der Waals surface area contributed by atoms with E-state index in [4.69, 9.17) is 5.26 Å². The summed E-state index contributed by atoms with van der Waals surface area (Å²) in [6, 6.07) is 3.67. The van der Waals surface area contributed by atoms with Gasteiger partial charge in [0.1, 0.15) is 11.1 Å². The second kappa shape index (κ2) is 7.81. The first-order chi connectivity index (χ1) is 9.06. The summed E-state index contributed by atoms with van der Waals surface area (Å²) in [6.07, 6.45) is 0.275. The van der Waals surface area contributed by atoms with Crippen LogP contribution in [0.1, 0.15) is 18.9 Å². The number of rotatable bonds is 6. The minimum absolute atomic E-state index is 0.0111. The Morgan fingerprint density at radius 1 is 1.63 bits per heavy atom. The van der Waals surface area contributed by atoms with Crippen LogP contribution in [-0.4, -0.2) is 30.0 Å². The summed E-state index contributed by atoms with van der Waals surface area (Å²) in [4.78, 5) is 22.7. The summed E-state index contributed by atoms with van der Waals surface area (Å²) in [6.45, 7) is 1.86. The SMILES string of the molecule is COC(=O)CC(C)SCC(=O)Nc1sccc1C#N. The van der Waals surface area contributed by atoms with Crippen molar-refractivity contribution < 1.29 is 14.3 Å². The van der Waals surface area contributed by atoms with Gasteiger partial charge in [0.05, 0.1) is 24.8 Å². The standard InChI is InChI=1S/C12H14N2O3S2/c1-8(5-11(16)17-2)19-7-10(15)14-12-9(6-13)3-4-18-12/h3-4,8H,5,7H2,1-2H3,(H,14,15). The quantitative estimate of drug-likeness (QED) is 0.815. The highest BCUT2D eigenvalue weighted by Crippen LogP contribution is 2.23. The van der Waals surface area contributed by atoms with Crippen LogP contribution in [0.25, 0.3) is 0 Å². The molecule has 5 nitrogen and oxygen atoms in total. The zero-order valence-electron chi connectivity index (χ0n) is 10.6. The molecule has 0 saturated heterocycles. The highest BCUT2D eigenvalue weighted by Gasteiger charge is 2.13. The molecule has 1 amide bonds. The van der Waals surface area contributed by atoms with Crippen LogP contribution in [0.2, 0.25) is 0 Å². The number of carbonyl (C=O) groups excluding carboxylic acids is 2. The molecule has 0 aromatic carbocycles. The number of nitriles is 1. The summed E-state index contributed by atoms with van der Waals surface area (Å²) in [5, 5.41) is 13.8. The highest BCUT2D eigenvalue weighted by molar-refractivity contribution is 8.00. The minimum Gasteiger partial charge on any atom is -0.469 e. The molecule has 0 bridgehead atoms. The van der Waals surface area contributed by atoms with Crippen LogP contribution in [0.5, 0.6) is 0 Å². The van der Waals surface area contributed by atoms with E-state index < -0.39 is 0 Å². The van der Waals surface area contributed by atoms with Crippen molar-refractivity contribution in [2.75, 3.05) is 18.2 Å². The molecular formula is C12H14N2O3S2. The van der Waals surface area contributed by atoms with Crippen LogP contribution in [-0.2, 0) is 14.3 Å². The lowest BCUT2D eigenvalue weighted by molar-refractivity contribution is -0.140. The number of hydrogen-bond acceptors (Lipinski definition) is 6. The number of thioether (sulfide) groups is 1. The number of thiophene rings is 1. The van der Waals surface area contributed by atoms with Crippen molar-refractivity contribution in [3.05, 3.63) is 17.0 Å². The summed E-state index contributed by atoms with van der Waals surface area (Å²) in [5.74, 6) is -0.230. The van der Waals surface area contributed by atoms with Crippen molar-refractivity contribution in [3.63, 3.8) is 0 Å². The van der Waals surface area contributed by atoms with E-state index in [0.717, 1.165) is 0 Å². The number of methoxy groups -OCH3 is 1. The van der Waals surface area contributed by atoms with Crippen molar-refractivity contribution in [1.82, 2.24) is 0 Å². The van der Waals surface area contributed by atoms with Gasteiger partial charge in [0, 0.05) is 5.25 Å². The Morgan fingerprint density at radius 3 is 3.00 bits per heavy atom. The van der Waals surface area contributed by atoms with Gasteiger partial charge in [0.2, 0.25) is 5.91 Å². The zero-order valence-corrected chi connectivity index (χ0v) is 12.3. The van der Waals surface area contributed by atoms with E-state index in [0.29, 0.717) is 10.6 Å². The molecule has 0 radical (unpaired) electrons. The zero-order chi connectivity index (χ0) is 14.3. The monoisotopic (exact) mass is 298 g/mol. The fourth-order valence-corrected chi connectivity index (χ4v) is 2.77. The minimum atomic E-state index is -0.287. The number of nitrogens with one attached hydrogen (secondary N) is 1. The number of hydrogen-bond donors (Lipinski definition) is 1. The van der Waals surface area contributed by atoms with Gasteiger partial charge in [-0.3, -0.25) is 9.59 Å². The predicted molar refractivity (Wildman–Crippen MR) is 76.2 cm³/mol. The Balaban J connectivity index is 2.36. The fraction of sp³-hybridized carbons (Fsp3) is 0.417. The third-order valence-electron chi connectivity index (χ3n) is 2.22. The number of nitrogens with zero attached hydrogens (tertiary/aromatic N) is 1. The molecule has 0 aliphatic rings. The molecule has 7 heteroatoms. The highest BCUT2D eigenvalue weighted by atomic mass is 32.2. The van der Waals surface area contributed by atoms with Crippen molar-refractivity contribution in [2.24, 2.45) is 0 Å². The molecule has 1 atom stereocenters. The lowest BCUT2D eigenvalue weighted by atomic mass is 10.3. The topological polar surface area (TPSA) is 79.2 Å². The molecule has 1 rings (SSSR count). The van der Waals surface area contributed by atoms with Crippen molar-refractivity contribution in [1.29, 1.82) is 5.26 Å². The third-order valence-corrected chi connectivity index (χ3v) is 4.21. The largest absolute Gasteiger partial charge is 0.469 e. The number of carbonyl (C=O) groups is 2. The molecule has 0 saturated carbocycles. The smallest absolute Gasteiger partial charge is 0.306 e. The lowest BCUT2D eigenvalue weighted by Crippen LogP contribution is -2.17. The molecule has 0 fully saturated rings. The molecule has 1 aromatic heterocycles. The van der Waals surface area contributed by atoms with E-state index in [9.17, 15) is 9.59 Å². The third kappa shape index (κ3) is 5.32. The molecule has 0 spiro atoms. The van der Waals surface area contributed by atoms with Gasteiger partial charge in [-0.2, -0.15) is 5.26 Å². The van der Waals surface area contributed by atoms with Crippen molar-refractivity contribution in [3.8, 4) is 6.07 Å². The lowest BCUT2D eigenvalue weighted by Gasteiger charge is -2.09. The van der Waals surface area contributed by atoms with Crippen LogP contribution < -0.4 is 5.32 Å². The Kier molecular flexibility index (Phi) is 6.39. The normalized spacial score (nSPS) is 11.4. The number of esters is 1. The Morgan fingerprint density at radius 2 is 2.37 bits per heavy atom. The number of amides is 1. The van der Waals surface area contributed by atoms with E-state index in [1.165, 1.54) is 30.2 Å². The Bertz CT molecular complexity index is 493. The van der Waals surface area contributed by atoms with E-state index >= 15 is 0 Å². The molecule has 1 aromatic rings. The average molecular weight is 298 g/mol. The van der Waals surface area contributed by atoms with Crippen LogP contribution in [0, 0.1) is 11.3 Å². The van der Waals surface area contributed by atoms with Crippen LogP contribution in [0.3, 0.4) is 0 Å². The van der Waals surface area contributed by atoms with Crippen LogP contribution in [0.15, 0.2) is 11.4 Å². The van der Waals surface area contributed by atoms with Crippen molar-refractivity contribution in [2.45, 2.75) is 18.6 Å². The predicted octanol–water partition coefficient (Wildman–Crippen LogP) is 2.24. The number of anilines is 1. The molecule has 0 aliphatic heterocycles. The first-order valence-electron chi connectivity index (χ1n) is 5.52. The van der Waals surface area contributed by atoms with Gasteiger partial charge in [-0.1, -0.05) is 6.92 Å². The molecule has 1 heterocycles. The first-order valence-corrected chi connectivity index (χ1v) is 7.45. The Hall–Kier alpha value is -1.52. The summed E-state index contributed by atoms with van der Waals surface area (Å²) < 4.78 is 4.56. The molecule has 1 N–H and O–H groups in total. The van der Waals surface area contributed by atoms with E-state index in [1.807, 2.05) is 13.0 Å². The summed E-state index contributed by atoms with van der Waals surface area (Å²) in [5.41, 5.74) is 0.464. The maximum Gasteiger partial charge on any atom is 0.306 e. The van der Waals surface area contributed by atoms with E-state index in [2.05, 4.69) is 10.1 Å². The van der Waals surface area contributed by atoms with Crippen LogP contribution in [0.4, 0.5) is 5.00 Å². The average Bonchev–Trinajstić information content (AvgIpc) is 2.83. The second-order valence-corrected chi connectivity index (χ2v) is 6.07. The number of ether oxygens (including phenoxy) is 1. The van der Waals surface area contributed by atoms with Gasteiger partial charge >= 0.3 is 5.97 Å². The second-order valence-electron chi connectivity index (χ2n) is 3.73. The Labute approximate surface area is 119 Å². The fourth-order valence-electron chi connectivity index (χ4n) is 1.25. The summed E-state index contributed by atoms with van der Waals surface area (Å²) >= 11 is 2.69. The van der Waals surface area contributed by atoms with Crippen molar-refractivity contribution >= 4 is 40.0 Å². The molecule has 0 aliphatic carbocycles. The van der Waals surface area contributed by atoms with Gasteiger partial charge in [-0.05, 0) is 11.4 Å². The van der Waals surface area contributed by atoms with Gasteiger partial charge in [0.25, 0.3) is 0 Å².